The molecule has 0 amide bonds. The topological polar surface area (TPSA) is 49.6 Å². The number of hydrogen-bond donors (Lipinski definition) is 2. The Bertz CT molecular complexity index is 364. The van der Waals surface area contributed by atoms with Crippen LogP contribution in [0, 0.1) is 0 Å². The summed E-state index contributed by atoms with van der Waals surface area (Å²) >= 11 is 2.02. The molecule has 108 valence electrons. The van der Waals surface area contributed by atoms with Crippen molar-refractivity contribution in [1.82, 2.24) is 10.6 Å². The fourth-order valence-corrected chi connectivity index (χ4v) is 3.07. The van der Waals surface area contributed by atoms with Gasteiger partial charge in [0.2, 0.25) is 0 Å². The van der Waals surface area contributed by atoms with Crippen molar-refractivity contribution in [2.75, 3.05) is 25.1 Å². The average molecular weight is 395 g/mol. The fraction of sp³-hybridized carbons (Fsp3) is 0.615. The maximum Gasteiger partial charge on any atom is 0.191 e. The number of guanidine groups is 1. The normalized spacial score (nSPS) is 19.6. The van der Waals surface area contributed by atoms with Crippen LogP contribution in [0.3, 0.4) is 0 Å². The fourth-order valence-electron chi connectivity index (χ4n) is 2.00. The number of rotatable bonds is 4. The van der Waals surface area contributed by atoms with Gasteiger partial charge in [0.1, 0.15) is 5.76 Å². The molecule has 0 aromatic carbocycles. The van der Waals surface area contributed by atoms with Crippen molar-refractivity contribution in [3.8, 4) is 0 Å². The average Bonchev–Trinajstić information content (AvgIpc) is 2.92. The second-order valence-electron chi connectivity index (χ2n) is 4.39. The van der Waals surface area contributed by atoms with Crippen LogP contribution < -0.4 is 10.6 Å². The van der Waals surface area contributed by atoms with E-state index in [0.717, 1.165) is 24.7 Å². The molecule has 1 saturated heterocycles. The van der Waals surface area contributed by atoms with Crippen LogP contribution in [-0.2, 0) is 6.42 Å². The van der Waals surface area contributed by atoms with E-state index >= 15 is 0 Å². The van der Waals surface area contributed by atoms with Gasteiger partial charge in [0, 0.05) is 31.8 Å². The van der Waals surface area contributed by atoms with Gasteiger partial charge in [0.25, 0.3) is 0 Å². The highest BCUT2D eigenvalue weighted by Gasteiger charge is 2.14. The van der Waals surface area contributed by atoms with Crippen molar-refractivity contribution in [2.45, 2.75) is 25.3 Å². The maximum atomic E-state index is 5.30. The molecule has 6 heteroatoms. The molecule has 2 rings (SSSR count). The minimum Gasteiger partial charge on any atom is -0.469 e. The van der Waals surface area contributed by atoms with E-state index < -0.39 is 0 Å². The van der Waals surface area contributed by atoms with Gasteiger partial charge in [-0.25, -0.2) is 0 Å². The van der Waals surface area contributed by atoms with Crippen LogP contribution in [-0.4, -0.2) is 37.1 Å². The van der Waals surface area contributed by atoms with Crippen LogP contribution in [0.5, 0.6) is 0 Å². The van der Waals surface area contributed by atoms with Gasteiger partial charge in [-0.1, -0.05) is 0 Å². The smallest absolute Gasteiger partial charge is 0.191 e. The standard InChI is InChI=1S/C13H21N3OS.HI/c1-14-13(16-11-4-3-9-18-10-11)15-7-6-12-5-2-8-17-12;/h2,5,8,11H,3-4,6-7,9-10H2,1H3,(H2,14,15,16);1H. The van der Waals surface area contributed by atoms with E-state index in [1.807, 2.05) is 30.9 Å². The molecule has 1 fully saturated rings. The predicted octanol–water partition coefficient (Wildman–Crippen LogP) is 2.50. The van der Waals surface area contributed by atoms with Crippen LogP contribution in [0.1, 0.15) is 18.6 Å². The largest absolute Gasteiger partial charge is 0.469 e. The highest BCUT2D eigenvalue weighted by atomic mass is 127. The maximum absolute atomic E-state index is 5.30. The van der Waals surface area contributed by atoms with E-state index in [9.17, 15) is 0 Å². The van der Waals surface area contributed by atoms with Gasteiger partial charge in [-0.05, 0) is 30.7 Å². The Hall–Kier alpha value is -0.370. The number of nitrogens with one attached hydrogen (secondary N) is 2. The van der Waals surface area contributed by atoms with Crippen LogP contribution >= 0.6 is 35.7 Å². The first kappa shape index (κ1) is 16.7. The van der Waals surface area contributed by atoms with Crippen molar-refractivity contribution in [1.29, 1.82) is 0 Å². The lowest BCUT2D eigenvalue weighted by atomic mass is 10.2. The SMILES string of the molecule is CN=C(NCCc1ccco1)NC1CCCSC1.I. The third kappa shape index (κ3) is 6.07. The molecule has 0 aliphatic carbocycles. The summed E-state index contributed by atoms with van der Waals surface area (Å²) in [7, 11) is 1.82. The second kappa shape index (κ2) is 9.52. The minimum atomic E-state index is 0. The molecule has 2 heterocycles. The van der Waals surface area contributed by atoms with Gasteiger partial charge in [-0.15, -0.1) is 24.0 Å². The third-order valence-electron chi connectivity index (χ3n) is 2.97. The molecule has 0 bridgehead atoms. The van der Waals surface area contributed by atoms with Crippen molar-refractivity contribution in [3.63, 3.8) is 0 Å². The van der Waals surface area contributed by atoms with Gasteiger partial charge in [-0.3, -0.25) is 4.99 Å². The van der Waals surface area contributed by atoms with E-state index in [1.165, 1.54) is 24.3 Å². The molecule has 2 N–H and O–H groups in total. The molecule has 4 nitrogen and oxygen atoms in total. The monoisotopic (exact) mass is 395 g/mol. The highest BCUT2D eigenvalue weighted by molar-refractivity contribution is 14.0. The summed E-state index contributed by atoms with van der Waals surface area (Å²) in [5.41, 5.74) is 0. The van der Waals surface area contributed by atoms with Gasteiger partial charge in [-0.2, -0.15) is 11.8 Å². The zero-order valence-corrected chi connectivity index (χ0v) is 14.4. The summed E-state index contributed by atoms with van der Waals surface area (Å²) in [6, 6.07) is 4.47. The lowest BCUT2D eigenvalue weighted by Crippen LogP contribution is -2.46. The van der Waals surface area contributed by atoms with Gasteiger partial charge in [0.15, 0.2) is 5.96 Å². The van der Waals surface area contributed by atoms with E-state index in [-0.39, 0.29) is 24.0 Å². The summed E-state index contributed by atoms with van der Waals surface area (Å²) in [6.07, 6.45) is 5.13. The van der Waals surface area contributed by atoms with Crippen molar-refractivity contribution in [3.05, 3.63) is 24.2 Å². The minimum absolute atomic E-state index is 0. The molecule has 0 saturated carbocycles. The number of nitrogens with zero attached hydrogens (tertiary/aromatic N) is 1. The second-order valence-corrected chi connectivity index (χ2v) is 5.54. The Labute approximate surface area is 136 Å². The molecule has 1 unspecified atom stereocenters. The van der Waals surface area contributed by atoms with E-state index in [2.05, 4.69) is 15.6 Å². The summed E-state index contributed by atoms with van der Waals surface area (Å²) < 4.78 is 5.30. The third-order valence-corrected chi connectivity index (χ3v) is 4.18. The first-order valence-electron chi connectivity index (χ1n) is 6.46. The lowest BCUT2D eigenvalue weighted by molar-refractivity contribution is 0.505. The lowest BCUT2D eigenvalue weighted by Gasteiger charge is -2.24. The van der Waals surface area contributed by atoms with Crippen molar-refractivity contribution < 1.29 is 4.42 Å². The number of halogens is 1. The molecule has 19 heavy (non-hydrogen) atoms. The molecular formula is C13H22IN3OS. The zero-order chi connectivity index (χ0) is 12.6. The Morgan fingerprint density at radius 2 is 2.47 bits per heavy atom. The van der Waals surface area contributed by atoms with Gasteiger partial charge < -0.3 is 15.1 Å². The molecular weight excluding hydrogens is 373 g/mol. The molecule has 1 atom stereocenters. The van der Waals surface area contributed by atoms with E-state index in [4.69, 9.17) is 4.42 Å². The Morgan fingerprint density at radius 3 is 3.11 bits per heavy atom. The zero-order valence-electron chi connectivity index (χ0n) is 11.2. The Kier molecular flexibility index (Phi) is 8.36. The van der Waals surface area contributed by atoms with Crippen LogP contribution in [0.2, 0.25) is 0 Å². The summed E-state index contributed by atoms with van der Waals surface area (Å²) in [5, 5.41) is 6.80. The highest BCUT2D eigenvalue weighted by Crippen LogP contribution is 2.16. The quantitative estimate of drug-likeness (QED) is 0.467. The first-order valence-corrected chi connectivity index (χ1v) is 7.61. The summed E-state index contributed by atoms with van der Waals surface area (Å²) in [5.74, 6) is 4.38. The van der Waals surface area contributed by atoms with Crippen LogP contribution in [0.25, 0.3) is 0 Å². The Morgan fingerprint density at radius 1 is 1.58 bits per heavy atom. The van der Waals surface area contributed by atoms with E-state index in [0.29, 0.717) is 6.04 Å². The molecule has 1 aromatic heterocycles. The van der Waals surface area contributed by atoms with Crippen molar-refractivity contribution in [2.24, 2.45) is 4.99 Å². The summed E-state index contributed by atoms with van der Waals surface area (Å²) in [6.45, 7) is 0.840. The van der Waals surface area contributed by atoms with Crippen LogP contribution in [0.4, 0.5) is 0 Å². The number of hydrogen-bond acceptors (Lipinski definition) is 3. The molecule has 1 aromatic rings. The molecule has 1 aliphatic rings. The Balaban J connectivity index is 0.00000180. The predicted molar refractivity (Wildman–Crippen MR) is 92.7 cm³/mol. The molecule has 0 spiro atoms. The molecule has 1 aliphatic heterocycles. The number of thioether (sulfide) groups is 1. The number of furan rings is 1. The number of aliphatic imine (C=N–C) groups is 1. The van der Waals surface area contributed by atoms with Gasteiger partial charge in [0.05, 0.1) is 6.26 Å². The van der Waals surface area contributed by atoms with E-state index in [1.54, 1.807) is 6.26 Å². The first-order chi connectivity index (χ1) is 8.88. The van der Waals surface area contributed by atoms with Gasteiger partial charge >= 0.3 is 0 Å². The molecule has 0 radical (unpaired) electrons. The summed E-state index contributed by atoms with van der Waals surface area (Å²) in [4.78, 5) is 4.26. The van der Waals surface area contributed by atoms with Crippen LogP contribution in [0.15, 0.2) is 27.8 Å². The van der Waals surface area contributed by atoms with Crippen molar-refractivity contribution >= 4 is 41.7 Å².